The molecule has 2 aromatic carbocycles. The third-order valence-electron chi connectivity index (χ3n) is 3.03. The third-order valence-corrected chi connectivity index (χ3v) is 3.84. The lowest BCUT2D eigenvalue weighted by molar-refractivity contribution is -0.111. The van der Waals surface area contributed by atoms with Crippen molar-refractivity contribution in [3.8, 4) is 5.75 Å². The Morgan fingerprint density at radius 3 is 2.50 bits per heavy atom. The molecule has 1 N–H and O–H groups in total. The first-order valence-electron chi connectivity index (χ1n) is 7.34. The van der Waals surface area contributed by atoms with Gasteiger partial charge in [0, 0.05) is 6.08 Å². The molecule has 0 bridgehead atoms. The van der Waals surface area contributed by atoms with Crippen molar-refractivity contribution in [3.05, 3.63) is 77.3 Å². The highest BCUT2D eigenvalue weighted by molar-refractivity contribution is 7.15. The number of hydrogen-bond donors (Lipinski definition) is 1. The molecule has 0 saturated carbocycles. The predicted molar refractivity (Wildman–Crippen MR) is 94.8 cm³/mol. The monoisotopic (exact) mass is 337 g/mol. The van der Waals surface area contributed by atoms with Crippen LogP contribution < -0.4 is 10.1 Å². The van der Waals surface area contributed by atoms with Gasteiger partial charge >= 0.3 is 0 Å². The first-order chi connectivity index (χ1) is 11.8. The normalized spacial score (nSPS) is 10.7. The van der Waals surface area contributed by atoms with Crippen molar-refractivity contribution in [1.29, 1.82) is 0 Å². The molecule has 24 heavy (non-hydrogen) atoms. The fraction of sp³-hybridized carbons (Fsp3) is 0.0556. The molecule has 120 valence electrons. The summed E-state index contributed by atoms with van der Waals surface area (Å²) in [5.74, 6) is 0.523. The molecule has 1 aromatic heterocycles. The van der Waals surface area contributed by atoms with Gasteiger partial charge in [-0.1, -0.05) is 59.9 Å². The largest absolute Gasteiger partial charge is 0.486 e. The summed E-state index contributed by atoms with van der Waals surface area (Å²) >= 11 is 1.29. The number of nitrogens with one attached hydrogen (secondary N) is 1. The van der Waals surface area contributed by atoms with Crippen LogP contribution in [0, 0.1) is 0 Å². The van der Waals surface area contributed by atoms with Crippen molar-refractivity contribution in [3.63, 3.8) is 0 Å². The first-order valence-corrected chi connectivity index (χ1v) is 8.15. The molecule has 0 saturated heterocycles. The highest BCUT2D eigenvalue weighted by atomic mass is 32.1. The molecule has 0 spiro atoms. The molecule has 0 radical (unpaired) electrons. The summed E-state index contributed by atoms with van der Waals surface area (Å²) in [5, 5.41) is 11.8. The lowest BCUT2D eigenvalue weighted by atomic mass is 10.2. The molecular weight excluding hydrogens is 322 g/mol. The van der Waals surface area contributed by atoms with Crippen LogP contribution in [0.15, 0.2) is 66.7 Å². The van der Waals surface area contributed by atoms with Gasteiger partial charge in [0.05, 0.1) is 0 Å². The van der Waals surface area contributed by atoms with Crippen LogP contribution in [0.5, 0.6) is 5.75 Å². The van der Waals surface area contributed by atoms with Gasteiger partial charge in [0.1, 0.15) is 12.4 Å². The summed E-state index contributed by atoms with van der Waals surface area (Å²) in [5.41, 5.74) is 0.960. The number of carbonyl (C=O) groups is 1. The summed E-state index contributed by atoms with van der Waals surface area (Å²) in [4.78, 5) is 11.9. The number of carbonyl (C=O) groups excluding carboxylic acids is 1. The van der Waals surface area contributed by atoms with E-state index >= 15 is 0 Å². The molecule has 0 aliphatic rings. The molecule has 3 rings (SSSR count). The van der Waals surface area contributed by atoms with E-state index < -0.39 is 0 Å². The summed E-state index contributed by atoms with van der Waals surface area (Å²) < 4.78 is 5.60. The maximum absolute atomic E-state index is 11.9. The molecule has 0 aliphatic heterocycles. The number of aromatic nitrogens is 2. The minimum Gasteiger partial charge on any atom is -0.486 e. The van der Waals surface area contributed by atoms with E-state index in [0.29, 0.717) is 16.7 Å². The van der Waals surface area contributed by atoms with Crippen LogP contribution in [-0.4, -0.2) is 16.1 Å². The van der Waals surface area contributed by atoms with Crippen LogP contribution >= 0.6 is 11.3 Å². The molecule has 1 heterocycles. The Bertz CT molecular complexity index is 817. The molecule has 0 fully saturated rings. The maximum Gasteiger partial charge on any atom is 0.250 e. The number of rotatable bonds is 6. The SMILES string of the molecule is O=C(C=Cc1ccccc1)Nc1nnc(COc2ccccc2)s1. The zero-order valence-corrected chi connectivity index (χ0v) is 13.6. The summed E-state index contributed by atoms with van der Waals surface area (Å²) in [7, 11) is 0. The van der Waals surface area contributed by atoms with Gasteiger partial charge in [0.15, 0.2) is 5.01 Å². The average molecular weight is 337 g/mol. The van der Waals surface area contributed by atoms with Crippen molar-refractivity contribution >= 4 is 28.5 Å². The minimum absolute atomic E-state index is 0.245. The van der Waals surface area contributed by atoms with Crippen LogP contribution in [0.1, 0.15) is 10.6 Å². The van der Waals surface area contributed by atoms with Gasteiger partial charge in [-0.05, 0) is 23.8 Å². The molecule has 3 aromatic rings. The molecule has 6 heteroatoms. The minimum atomic E-state index is -0.245. The Labute approximate surface area is 143 Å². The number of hydrogen-bond acceptors (Lipinski definition) is 5. The smallest absolute Gasteiger partial charge is 0.250 e. The average Bonchev–Trinajstić information content (AvgIpc) is 3.07. The molecule has 0 aliphatic carbocycles. The van der Waals surface area contributed by atoms with E-state index in [4.69, 9.17) is 4.74 Å². The lowest BCUT2D eigenvalue weighted by Gasteiger charge is -2.01. The van der Waals surface area contributed by atoms with E-state index in [1.807, 2.05) is 60.7 Å². The second-order valence-corrected chi connectivity index (χ2v) is 5.90. The Morgan fingerprint density at radius 2 is 1.75 bits per heavy atom. The highest BCUT2D eigenvalue weighted by Gasteiger charge is 2.07. The van der Waals surface area contributed by atoms with Gasteiger partial charge in [-0.25, -0.2) is 0 Å². The predicted octanol–water partition coefficient (Wildman–Crippen LogP) is 3.77. The van der Waals surface area contributed by atoms with Gasteiger partial charge in [0.2, 0.25) is 11.0 Å². The number of benzene rings is 2. The van der Waals surface area contributed by atoms with Crippen molar-refractivity contribution in [1.82, 2.24) is 10.2 Å². The quantitative estimate of drug-likeness (QED) is 0.696. The second kappa shape index (κ2) is 8.03. The zero-order chi connectivity index (χ0) is 16.6. The van der Waals surface area contributed by atoms with Crippen molar-refractivity contribution in [2.24, 2.45) is 0 Å². The number of para-hydroxylation sites is 1. The maximum atomic E-state index is 11.9. The third kappa shape index (κ3) is 4.76. The van der Waals surface area contributed by atoms with Crippen LogP contribution in [0.3, 0.4) is 0 Å². The zero-order valence-electron chi connectivity index (χ0n) is 12.8. The van der Waals surface area contributed by atoms with Crippen molar-refractivity contribution in [2.45, 2.75) is 6.61 Å². The van der Waals surface area contributed by atoms with E-state index in [1.54, 1.807) is 6.08 Å². The summed E-state index contributed by atoms with van der Waals surface area (Å²) in [6.07, 6.45) is 3.21. The van der Waals surface area contributed by atoms with E-state index in [9.17, 15) is 4.79 Å². The second-order valence-electron chi connectivity index (χ2n) is 4.84. The Morgan fingerprint density at radius 1 is 1.04 bits per heavy atom. The number of nitrogens with zero attached hydrogens (tertiary/aromatic N) is 2. The van der Waals surface area contributed by atoms with Gasteiger partial charge in [-0.3, -0.25) is 10.1 Å². The van der Waals surface area contributed by atoms with E-state index in [0.717, 1.165) is 11.3 Å². The van der Waals surface area contributed by atoms with Crippen LogP contribution in [0.4, 0.5) is 5.13 Å². The highest BCUT2D eigenvalue weighted by Crippen LogP contribution is 2.18. The topological polar surface area (TPSA) is 64.1 Å². The molecule has 1 amide bonds. The number of amides is 1. The standard InChI is InChI=1S/C18H15N3O2S/c22-16(12-11-14-7-3-1-4-8-14)19-18-21-20-17(24-18)13-23-15-9-5-2-6-10-15/h1-12H,13H2,(H,19,21,22). The van der Waals surface area contributed by atoms with Crippen LogP contribution in [0.2, 0.25) is 0 Å². The Balaban J connectivity index is 1.52. The van der Waals surface area contributed by atoms with Gasteiger partial charge in [-0.2, -0.15) is 0 Å². The fourth-order valence-electron chi connectivity index (χ4n) is 1.91. The van der Waals surface area contributed by atoms with E-state index in [2.05, 4.69) is 15.5 Å². The fourth-order valence-corrected chi connectivity index (χ4v) is 2.56. The first kappa shape index (κ1) is 15.9. The molecule has 0 atom stereocenters. The number of ether oxygens (including phenoxy) is 1. The van der Waals surface area contributed by atoms with Crippen molar-refractivity contribution in [2.75, 3.05) is 5.32 Å². The van der Waals surface area contributed by atoms with Gasteiger partial charge in [0.25, 0.3) is 0 Å². The summed E-state index contributed by atoms with van der Waals surface area (Å²) in [6.45, 7) is 0.317. The summed E-state index contributed by atoms with van der Waals surface area (Å²) in [6, 6.07) is 19.1. The van der Waals surface area contributed by atoms with Gasteiger partial charge in [-0.15, -0.1) is 10.2 Å². The van der Waals surface area contributed by atoms with E-state index in [-0.39, 0.29) is 5.91 Å². The number of anilines is 1. The van der Waals surface area contributed by atoms with Crippen molar-refractivity contribution < 1.29 is 9.53 Å². The van der Waals surface area contributed by atoms with Crippen LogP contribution in [-0.2, 0) is 11.4 Å². The Hall–Kier alpha value is -2.99. The lowest BCUT2D eigenvalue weighted by Crippen LogP contribution is -2.07. The molecule has 0 unspecified atom stereocenters. The molecule has 5 nitrogen and oxygen atoms in total. The van der Waals surface area contributed by atoms with Gasteiger partial charge < -0.3 is 4.74 Å². The van der Waals surface area contributed by atoms with Crippen LogP contribution in [0.25, 0.3) is 6.08 Å². The Kier molecular flexibility index (Phi) is 5.32. The van der Waals surface area contributed by atoms with E-state index in [1.165, 1.54) is 17.4 Å². The molecular formula is C18H15N3O2S.